The molecular weight excluding hydrogens is 328 g/mol. The van der Waals surface area contributed by atoms with Crippen LogP contribution in [0.3, 0.4) is 0 Å². The van der Waals surface area contributed by atoms with Crippen LogP contribution in [-0.2, 0) is 4.79 Å². The van der Waals surface area contributed by atoms with Crippen LogP contribution in [-0.4, -0.2) is 46.0 Å². The monoisotopic (exact) mass is 354 g/mol. The minimum absolute atomic E-state index is 0.0364. The zero-order valence-electron chi connectivity index (χ0n) is 15.6. The molecule has 2 heterocycles. The maximum atomic E-state index is 13.1. The molecule has 1 saturated heterocycles. The minimum atomic E-state index is -0.0373. The number of aromatic amines is 1. The quantitative estimate of drug-likeness (QED) is 0.886. The van der Waals surface area contributed by atoms with Gasteiger partial charge in [-0.05, 0) is 29.7 Å². The Morgan fingerprint density at radius 1 is 1.31 bits per heavy atom. The summed E-state index contributed by atoms with van der Waals surface area (Å²) in [6, 6.07) is 7.76. The summed E-state index contributed by atoms with van der Waals surface area (Å²) >= 11 is 0. The van der Waals surface area contributed by atoms with Gasteiger partial charge in [0.05, 0.1) is 11.6 Å². The maximum absolute atomic E-state index is 13.1. The van der Waals surface area contributed by atoms with Gasteiger partial charge in [-0.25, -0.2) is 0 Å². The lowest BCUT2D eigenvalue weighted by atomic mass is 9.92. The molecule has 3 atom stereocenters. The molecule has 6 nitrogen and oxygen atoms in total. The Balaban J connectivity index is 1.47. The van der Waals surface area contributed by atoms with Crippen molar-refractivity contribution in [2.45, 2.75) is 39.7 Å². The second kappa shape index (κ2) is 6.11. The molecule has 1 aliphatic carbocycles. The Bertz CT molecular complexity index is 851. The van der Waals surface area contributed by atoms with Crippen molar-refractivity contribution in [3.8, 4) is 0 Å². The van der Waals surface area contributed by atoms with Crippen LogP contribution in [0.2, 0.25) is 0 Å². The normalized spacial score (nSPS) is 24.6. The Hall–Kier alpha value is -2.37. The first-order chi connectivity index (χ1) is 12.3. The van der Waals surface area contributed by atoms with Gasteiger partial charge >= 0.3 is 0 Å². The summed E-state index contributed by atoms with van der Waals surface area (Å²) in [5.41, 5.74) is 1.31. The molecule has 2 N–H and O–H groups in total. The van der Waals surface area contributed by atoms with Gasteiger partial charge in [0.1, 0.15) is 0 Å². The third-order valence-corrected chi connectivity index (χ3v) is 5.44. The highest BCUT2D eigenvalue weighted by Crippen LogP contribution is 2.49. The number of carbonyl (C=O) groups is 2. The molecule has 1 aromatic heterocycles. The standard InChI is InChI=1S/C20H26N4O2/c1-20(2,3)9-17(25)21-10-16-14-8-12(14)11-24(16)19(26)18-13-6-4-5-7-15(13)22-23-18/h4-7,12,14,16H,8-11H2,1-3H3,(H,21,25)(H,22,23). The highest BCUT2D eigenvalue weighted by Gasteiger charge is 2.54. The van der Waals surface area contributed by atoms with E-state index in [9.17, 15) is 9.59 Å². The van der Waals surface area contributed by atoms with Gasteiger partial charge in [0.2, 0.25) is 5.91 Å². The molecule has 0 bridgehead atoms. The summed E-state index contributed by atoms with van der Waals surface area (Å²) in [6.45, 7) is 7.46. The van der Waals surface area contributed by atoms with Gasteiger partial charge in [0, 0.05) is 24.9 Å². The topological polar surface area (TPSA) is 78.1 Å². The first kappa shape index (κ1) is 17.1. The molecule has 3 unspecified atom stereocenters. The number of piperidine rings is 1. The fraction of sp³-hybridized carbons (Fsp3) is 0.550. The average Bonchev–Trinajstić information content (AvgIpc) is 3.06. The number of carbonyl (C=O) groups excluding carboxylic acids is 2. The molecule has 2 fully saturated rings. The summed E-state index contributed by atoms with van der Waals surface area (Å²) in [7, 11) is 0. The van der Waals surface area contributed by atoms with E-state index in [2.05, 4.69) is 36.3 Å². The van der Waals surface area contributed by atoms with Crippen LogP contribution in [0, 0.1) is 17.3 Å². The fourth-order valence-corrected chi connectivity index (χ4v) is 4.09. The molecule has 1 aliphatic heterocycles. The van der Waals surface area contributed by atoms with Crippen molar-refractivity contribution in [2.24, 2.45) is 17.3 Å². The SMILES string of the molecule is CC(C)(C)CC(=O)NCC1C2CC2CN1C(=O)c1n[nH]c2ccccc12. The molecule has 4 rings (SSSR count). The third-order valence-electron chi connectivity index (χ3n) is 5.44. The number of rotatable bonds is 4. The lowest BCUT2D eigenvalue weighted by Gasteiger charge is -2.28. The highest BCUT2D eigenvalue weighted by molar-refractivity contribution is 6.04. The summed E-state index contributed by atoms with van der Waals surface area (Å²) in [6.07, 6.45) is 1.65. The van der Waals surface area contributed by atoms with Crippen LogP contribution in [0.15, 0.2) is 24.3 Å². The van der Waals surface area contributed by atoms with Crippen LogP contribution in [0.4, 0.5) is 0 Å². The van der Waals surface area contributed by atoms with Crippen molar-refractivity contribution in [3.63, 3.8) is 0 Å². The van der Waals surface area contributed by atoms with E-state index >= 15 is 0 Å². The lowest BCUT2D eigenvalue weighted by molar-refractivity contribution is -0.123. The molecule has 0 spiro atoms. The zero-order chi connectivity index (χ0) is 18.5. The van der Waals surface area contributed by atoms with Crippen LogP contribution in [0.25, 0.3) is 10.9 Å². The van der Waals surface area contributed by atoms with Gasteiger partial charge in [-0.3, -0.25) is 14.7 Å². The molecule has 138 valence electrons. The third kappa shape index (κ3) is 3.20. The number of benzene rings is 1. The fourth-order valence-electron chi connectivity index (χ4n) is 4.09. The van der Waals surface area contributed by atoms with E-state index in [4.69, 9.17) is 0 Å². The summed E-state index contributed by atoms with van der Waals surface area (Å²) in [5, 5.41) is 11.1. The predicted molar refractivity (Wildman–Crippen MR) is 99.6 cm³/mol. The number of aromatic nitrogens is 2. The Morgan fingerprint density at radius 3 is 2.85 bits per heavy atom. The molecule has 2 amide bonds. The second-order valence-corrected chi connectivity index (χ2v) is 8.84. The van der Waals surface area contributed by atoms with Crippen LogP contribution in [0.5, 0.6) is 0 Å². The van der Waals surface area contributed by atoms with Gasteiger partial charge in [0.25, 0.3) is 5.91 Å². The van der Waals surface area contributed by atoms with Gasteiger partial charge in [-0.2, -0.15) is 5.10 Å². The number of H-pyrrole nitrogens is 1. The minimum Gasteiger partial charge on any atom is -0.354 e. The lowest BCUT2D eigenvalue weighted by Crippen LogP contribution is -2.46. The van der Waals surface area contributed by atoms with E-state index in [1.54, 1.807) is 0 Å². The first-order valence-electron chi connectivity index (χ1n) is 9.34. The number of para-hydroxylation sites is 1. The number of amides is 2. The smallest absolute Gasteiger partial charge is 0.275 e. The Morgan fingerprint density at radius 2 is 2.08 bits per heavy atom. The average molecular weight is 354 g/mol. The molecule has 2 aliphatic rings. The van der Waals surface area contributed by atoms with E-state index in [1.165, 1.54) is 0 Å². The number of nitrogens with one attached hydrogen (secondary N) is 2. The molecule has 1 saturated carbocycles. The Kier molecular flexibility index (Phi) is 4.01. The number of fused-ring (bicyclic) bond motifs is 2. The molecule has 6 heteroatoms. The molecule has 2 aromatic rings. The van der Waals surface area contributed by atoms with Crippen molar-refractivity contribution in [1.29, 1.82) is 0 Å². The van der Waals surface area contributed by atoms with Crippen LogP contribution >= 0.6 is 0 Å². The molecular formula is C20H26N4O2. The second-order valence-electron chi connectivity index (χ2n) is 8.84. The molecule has 1 aromatic carbocycles. The van der Waals surface area contributed by atoms with Crippen molar-refractivity contribution in [3.05, 3.63) is 30.0 Å². The van der Waals surface area contributed by atoms with Gasteiger partial charge in [-0.15, -0.1) is 0 Å². The van der Waals surface area contributed by atoms with Crippen molar-refractivity contribution in [2.75, 3.05) is 13.1 Å². The number of likely N-dealkylation sites (tertiary alicyclic amines) is 1. The van der Waals surface area contributed by atoms with Crippen molar-refractivity contribution < 1.29 is 9.59 Å². The Labute approximate surface area is 153 Å². The maximum Gasteiger partial charge on any atom is 0.275 e. The van der Waals surface area contributed by atoms with E-state index < -0.39 is 0 Å². The van der Waals surface area contributed by atoms with Crippen molar-refractivity contribution in [1.82, 2.24) is 20.4 Å². The number of hydrogen-bond donors (Lipinski definition) is 2. The number of nitrogens with zero attached hydrogens (tertiary/aromatic N) is 2. The zero-order valence-corrected chi connectivity index (χ0v) is 15.6. The molecule has 26 heavy (non-hydrogen) atoms. The largest absolute Gasteiger partial charge is 0.354 e. The predicted octanol–water partition coefficient (Wildman–Crippen LogP) is 2.58. The van der Waals surface area contributed by atoms with Gasteiger partial charge < -0.3 is 10.2 Å². The first-order valence-corrected chi connectivity index (χ1v) is 9.34. The molecule has 0 radical (unpaired) electrons. The van der Waals surface area contributed by atoms with E-state index in [-0.39, 0.29) is 23.3 Å². The van der Waals surface area contributed by atoms with Gasteiger partial charge in [-0.1, -0.05) is 39.0 Å². The van der Waals surface area contributed by atoms with E-state index in [1.807, 2.05) is 29.2 Å². The summed E-state index contributed by atoms with van der Waals surface area (Å²) < 4.78 is 0. The number of hydrogen-bond acceptors (Lipinski definition) is 3. The van der Waals surface area contributed by atoms with E-state index in [0.717, 1.165) is 23.9 Å². The van der Waals surface area contributed by atoms with Crippen LogP contribution < -0.4 is 5.32 Å². The highest BCUT2D eigenvalue weighted by atomic mass is 16.2. The summed E-state index contributed by atoms with van der Waals surface area (Å²) in [4.78, 5) is 27.2. The van der Waals surface area contributed by atoms with E-state index in [0.29, 0.717) is 30.5 Å². The van der Waals surface area contributed by atoms with Gasteiger partial charge in [0.15, 0.2) is 5.69 Å². The van der Waals surface area contributed by atoms with Crippen molar-refractivity contribution >= 4 is 22.7 Å². The van der Waals surface area contributed by atoms with Crippen LogP contribution in [0.1, 0.15) is 44.1 Å². The summed E-state index contributed by atoms with van der Waals surface area (Å²) in [5.74, 6) is 1.11.